The Bertz CT molecular complexity index is 768. The molecular formula is C17H19N3O4. The molecule has 4 rings (SSSR count). The van der Waals surface area contributed by atoms with E-state index in [1.807, 2.05) is 37.3 Å². The van der Waals surface area contributed by atoms with Crippen LogP contribution in [0.2, 0.25) is 0 Å². The third-order valence-corrected chi connectivity index (χ3v) is 4.00. The molecule has 1 saturated heterocycles. The van der Waals surface area contributed by atoms with E-state index in [1.165, 1.54) is 6.33 Å². The fourth-order valence-corrected chi connectivity index (χ4v) is 2.88. The maximum atomic E-state index is 6.21. The van der Waals surface area contributed by atoms with Crippen molar-refractivity contribution in [1.82, 2.24) is 14.8 Å². The van der Waals surface area contributed by atoms with Crippen molar-refractivity contribution in [1.29, 1.82) is 0 Å². The fraction of sp³-hybridized carbons (Fsp3) is 0.412. The first-order valence-corrected chi connectivity index (χ1v) is 8.00. The standard InChI is InChI=1S/C17H19N3O4/c1-2-21-8-14-9-22-17(24-14,10-20-12-18-11-19-20)16-7-13-5-3-4-6-15(13)23-16/h3-7,11-12,14H,2,8-10H2,1H3/t14-,17-/m1/s1. The molecule has 2 atom stereocenters. The monoisotopic (exact) mass is 329 g/mol. The minimum absolute atomic E-state index is 0.151. The molecule has 1 aromatic carbocycles. The minimum atomic E-state index is -1.03. The normalized spacial score (nSPS) is 24.0. The van der Waals surface area contributed by atoms with Crippen LogP contribution in [0.5, 0.6) is 0 Å². The Morgan fingerprint density at radius 1 is 1.38 bits per heavy atom. The predicted octanol–water partition coefficient (Wildman–Crippen LogP) is 2.33. The number of ether oxygens (including phenoxy) is 3. The van der Waals surface area contributed by atoms with Crippen molar-refractivity contribution in [3.05, 3.63) is 48.7 Å². The predicted molar refractivity (Wildman–Crippen MR) is 85.2 cm³/mol. The Morgan fingerprint density at radius 3 is 3.08 bits per heavy atom. The van der Waals surface area contributed by atoms with Crippen molar-refractivity contribution < 1.29 is 18.6 Å². The number of aromatic nitrogens is 3. The summed E-state index contributed by atoms with van der Waals surface area (Å²) >= 11 is 0. The van der Waals surface area contributed by atoms with E-state index in [0.29, 0.717) is 32.1 Å². The van der Waals surface area contributed by atoms with Crippen molar-refractivity contribution in [2.24, 2.45) is 0 Å². The zero-order valence-corrected chi connectivity index (χ0v) is 13.4. The third-order valence-electron chi connectivity index (χ3n) is 4.00. The van der Waals surface area contributed by atoms with Crippen LogP contribution in [0.1, 0.15) is 12.7 Å². The largest absolute Gasteiger partial charge is 0.455 e. The van der Waals surface area contributed by atoms with E-state index in [-0.39, 0.29) is 6.10 Å². The van der Waals surface area contributed by atoms with Gasteiger partial charge in [-0.3, -0.25) is 0 Å². The molecule has 1 aliphatic rings. The number of furan rings is 1. The van der Waals surface area contributed by atoms with E-state index in [1.54, 1.807) is 11.0 Å². The highest BCUT2D eigenvalue weighted by molar-refractivity contribution is 5.77. The summed E-state index contributed by atoms with van der Waals surface area (Å²) in [4.78, 5) is 3.99. The Kier molecular flexibility index (Phi) is 4.05. The third kappa shape index (κ3) is 2.82. The van der Waals surface area contributed by atoms with Gasteiger partial charge in [0.25, 0.3) is 0 Å². The highest BCUT2D eigenvalue weighted by atomic mass is 16.8. The van der Waals surface area contributed by atoms with Crippen LogP contribution in [0.4, 0.5) is 0 Å². The maximum absolute atomic E-state index is 6.21. The van der Waals surface area contributed by atoms with Gasteiger partial charge in [0.1, 0.15) is 30.9 Å². The van der Waals surface area contributed by atoms with Crippen molar-refractivity contribution >= 4 is 11.0 Å². The van der Waals surface area contributed by atoms with Crippen molar-refractivity contribution in [2.75, 3.05) is 19.8 Å². The average Bonchev–Trinajstić information content (AvgIpc) is 3.33. The molecule has 2 aromatic heterocycles. The molecule has 126 valence electrons. The molecule has 1 aliphatic heterocycles. The quantitative estimate of drug-likeness (QED) is 0.691. The van der Waals surface area contributed by atoms with Gasteiger partial charge in [-0.15, -0.1) is 0 Å². The number of para-hydroxylation sites is 1. The van der Waals surface area contributed by atoms with Gasteiger partial charge in [0.15, 0.2) is 5.76 Å². The van der Waals surface area contributed by atoms with Gasteiger partial charge in [-0.25, -0.2) is 9.67 Å². The fourth-order valence-electron chi connectivity index (χ4n) is 2.88. The molecule has 3 heterocycles. The van der Waals surface area contributed by atoms with Gasteiger partial charge in [0, 0.05) is 12.0 Å². The van der Waals surface area contributed by atoms with Gasteiger partial charge in [-0.05, 0) is 19.1 Å². The molecule has 0 saturated carbocycles. The summed E-state index contributed by atoms with van der Waals surface area (Å²) in [5, 5.41) is 5.17. The van der Waals surface area contributed by atoms with Crippen LogP contribution >= 0.6 is 0 Å². The van der Waals surface area contributed by atoms with E-state index in [4.69, 9.17) is 18.6 Å². The maximum Gasteiger partial charge on any atom is 0.249 e. The van der Waals surface area contributed by atoms with Gasteiger partial charge in [0.2, 0.25) is 5.79 Å². The molecule has 1 fully saturated rings. The lowest BCUT2D eigenvalue weighted by molar-refractivity contribution is -0.203. The summed E-state index contributed by atoms with van der Waals surface area (Å²) in [6.07, 6.45) is 2.97. The molecular weight excluding hydrogens is 310 g/mol. The summed E-state index contributed by atoms with van der Waals surface area (Å²) in [6.45, 7) is 3.87. The Morgan fingerprint density at radius 2 is 2.29 bits per heavy atom. The van der Waals surface area contributed by atoms with E-state index >= 15 is 0 Å². The van der Waals surface area contributed by atoms with Gasteiger partial charge in [-0.2, -0.15) is 5.10 Å². The lowest BCUT2D eigenvalue weighted by Crippen LogP contribution is -2.34. The number of hydrogen-bond acceptors (Lipinski definition) is 6. The van der Waals surface area contributed by atoms with Crippen molar-refractivity contribution in [3.8, 4) is 0 Å². The van der Waals surface area contributed by atoms with E-state index < -0.39 is 5.79 Å². The first-order valence-electron chi connectivity index (χ1n) is 8.00. The van der Waals surface area contributed by atoms with Gasteiger partial charge >= 0.3 is 0 Å². The van der Waals surface area contributed by atoms with Gasteiger partial charge in [-0.1, -0.05) is 18.2 Å². The minimum Gasteiger partial charge on any atom is -0.455 e. The summed E-state index contributed by atoms with van der Waals surface area (Å²) in [6, 6.07) is 9.79. The topological polar surface area (TPSA) is 71.5 Å². The first kappa shape index (κ1) is 15.3. The van der Waals surface area contributed by atoms with Crippen LogP contribution in [0, 0.1) is 0 Å². The van der Waals surface area contributed by atoms with E-state index in [9.17, 15) is 0 Å². The van der Waals surface area contributed by atoms with Crippen molar-refractivity contribution in [2.45, 2.75) is 25.4 Å². The van der Waals surface area contributed by atoms with Crippen LogP contribution in [0.25, 0.3) is 11.0 Å². The van der Waals surface area contributed by atoms with Crippen LogP contribution in [0.15, 0.2) is 47.4 Å². The van der Waals surface area contributed by atoms with Crippen LogP contribution in [-0.4, -0.2) is 40.7 Å². The van der Waals surface area contributed by atoms with Crippen LogP contribution in [0.3, 0.4) is 0 Å². The first-order chi connectivity index (χ1) is 11.8. The number of fused-ring (bicyclic) bond motifs is 1. The van der Waals surface area contributed by atoms with E-state index in [2.05, 4.69) is 10.1 Å². The molecule has 24 heavy (non-hydrogen) atoms. The highest BCUT2D eigenvalue weighted by Crippen LogP contribution is 2.38. The lowest BCUT2D eigenvalue weighted by atomic mass is 10.2. The lowest BCUT2D eigenvalue weighted by Gasteiger charge is -2.25. The molecule has 7 nitrogen and oxygen atoms in total. The SMILES string of the molecule is CCOC[C@@H]1CO[C@@](Cn2cncn2)(c2cc3ccccc3o2)O1. The molecule has 0 bridgehead atoms. The highest BCUT2D eigenvalue weighted by Gasteiger charge is 2.47. The Labute approximate surface area is 139 Å². The second kappa shape index (κ2) is 6.35. The second-order valence-corrected chi connectivity index (χ2v) is 5.70. The molecule has 7 heteroatoms. The molecule has 0 N–H and O–H groups in total. The number of hydrogen-bond donors (Lipinski definition) is 0. The summed E-state index contributed by atoms with van der Waals surface area (Å²) in [7, 11) is 0. The Hall–Kier alpha value is -2.22. The number of benzene rings is 1. The van der Waals surface area contributed by atoms with Gasteiger partial charge in [0.05, 0.1) is 13.2 Å². The summed E-state index contributed by atoms with van der Waals surface area (Å²) < 4.78 is 25.4. The van der Waals surface area contributed by atoms with Crippen molar-refractivity contribution in [3.63, 3.8) is 0 Å². The van der Waals surface area contributed by atoms with Crippen LogP contribution < -0.4 is 0 Å². The smallest absolute Gasteiger partial charge is 0.249 e. The average molecular weight is 329 g/mol. The molecule has 0 spiro atoms. The molecule has 0 radical (unpaired) electrons. The molecule has 0 aliphatic carbocycles. The van der Waals surface area contributed by atoms with Gasteiger partial charge < -0.3 is 18.6 Å². The molecule has 0 unspecified atom stereocenters. The number of rotatable bonds is 6. The summed E-state index contributed by atoms with van der Waals surface area (Å²) in [5.74, 6) is -0.410. The zero-order chi connectivity index (χ0) is 16.4. The van der Waals surface area contributed by atoms with E-state index in [0.717, 1.165) is 11.0 Å². The number of nitrogens with zero attached hydrogens (tertiary/aromatic N) is 3. The second-order valence-electron chi connectivity index (χ2n) is 5.70. The zero-order valence-electron chi connectivity index (χ0n) is 13.4. The summed E-state index contributed by atoms with van der Waals surface area (Å²) in [5.41, 5.74) is 0.797. The molecule has 3 aromatic rings. The van der Waals surface area contributed by atoms with Crippen LogP contribution in [-0.2, 0) is 26.5 Å². The Balaban J connectivity index is 1.67. The molecule has 0 amide bonds.